The van der Waals surface area contributed by atoms with E-state index in [1.807, 2.05) is 24.3 Å². The first-order valence-corrected chi connectivity index (χ1v) is 9.57. The third-order valence-electron chi connectivity index (χ3n) is 5.73. The summed E-state index contributed by atoms with van der Waals surface area (Å²) < 4.78 is 10.4. The highest BCUT2D eigenvalue weighted by molar-refractivity contribution is 6.02. The molecule has 0 spiro atoms. The molecule has 29 heavy (non-hydrogen) atoms. The Balaban J connectivity index is 1.69. The zero-order valence-electron chi connectivity index (χ0n) is 16.4. The number of amides is 1. The van der Waals surface area contributed by atoms with Crippen molar-refractivity contribution in [2.45, 2.75) is 31.1 Å². The number of aromatic hydroxyl groups is 1. The minimum Gasteiger partial charge on any atom is -0.504 e. The molecule has 2 aromatic rings. The highest BCUT2D eigenvalue weighted by Crippen LogP contribution is 2.44. The molecular weight excluding hydrogens is 370 g/mol. The summed E-state index contributed by atoms with van der Waals surface area (Å²) in [6, 6.07) is 12.7. The van der Waals surface area contributed by atoms with E-state index in [-0.39, 0.29) is 35.7 Å². The van der Waals surface area contributed by atoms with Gasteiger partial charge in [-0.2, -0.15) is 0 Å². The number of methoxy groups -OCH3 is 2. The molecule has 2 aromatic carbocycles. The Morgan fingerprint density at radius 1 is 0.931 bits per heavy atom. The van der Waals surface area contributed by atoms with Crippen LogP contribution in [0.3, 0.4) is 0 Å². The summed E-state index contributed by atoms with van der Waals surface area (Å²) in [5.41, 5.74) is 3.21. The van der Waals surface area contributed by atoms with Gasteiger partial charge in [0.1, 0.15) is 5.75 Å². The molecule has 1 aliphatic carbocycles. The number of Topliss-reactive ketones (excluding diaryl/α,β-unsaturated/α-hetero) is 1. The summed E-state index contributed by atoms with van der Waals surface area (Å²) >= 11 is 0. The topological polar surface area (TPSA) is 84.9 Å². The molecule has 0 radical (unpaired) electrons. The Morgan fingerprint density at radius 3 is 2.34 bits per heavy atom. The lowest BCUT2D eigenvalue weighted by Gasteiger charge is -2.34. The van der Waals surface area contributed by atoms with Crippen molar-refractivity contribution in [1.82, 2.24) is 5.32 Å². The number of ether oxygens (including phenoxy) is 2. The molecule has 2 aliphatic rings. The highest BCUT2D eigenvalue weighted by Gasteiger charge is 2.38. The maximum Gasteiger partial charge on any atom is 0.225 e. The SMILES string of the molecule is COc1ccc([C@@H]2CC(=O)C3=C(C2)NC(=O)C[C@H]3c2ccc(O)c(OC)c2)cc1. The van der Waals surface area contributed by atoms with Crippen LogP contribution < -0.4 is 14.8 Å². The summed E-state index contributed by atoms with van der Waals surface area (Å²) in [5.74, 6) is 0.740. The van der Waals surface area contributed by atoms with E-state index in [0.29, 0.717) is 29.9 Å². The zero-order valence-corrected chi connectivity index (χ0v) is 16.4. The second-order valence-electron chi connectivity index (χ2n) is 7.43. The van der Waals surface area contributed by atoms with Crippen LogP contribution in [-0.4, -0.2) is 31.0 Å². The predicted molar refractivity (Wildman–Crippen MR) is 107 cm³/mol. The van der Waals surface area contributed by atoms with Crippen molar-refractivity contribution in [2.24, 2.45) is 0 Å². The van der Waals surface area contributed by atoms with Crippen molar-refractivity contribution in [1.29, 1.82) is 0 Å². The summed E-state index contributed by atoms with van der Waals surface area (Å²) in [5, 5.41) is 12.8. The fourth-order valence-electron chi connectivity index (χ4n) is 4.27. The van der Waals surface area contributed by atoms with Crippen LogP contribution in [0.25, 0.3) is 0 Å². The van der Waals surface area contributed by atoms with E-state index in [9.17, 15) is 14.7 Å². The van der Waals surface area contributed by atoms with Gasteiger partial charge in [0, 0.05) is 30.0 Å². The number of allylic oxidation sites excluding steroid dienone is 2. The summed E-state index contributed by atoms with van der Waals surface area (Å²) in [6.45, 7) is 0. The molecule has 0 aromatic heterocycles. The van der Waals surface area contributed by atoms with Crippen LogP contribution in [0.5, 0.6) is 17.2 Å². The van der Waals surface area contributed by atoms with E-state index >= 15 is 0 Å². The van der Waals surface area contributed by atoms with Crippen molar-refractivity contribution in [3.63, 3.8) is 0 Å². The lowest BCUT2D eigenvalue weighted by molar-refractivity contribution is -0.122. The third-order valence-corrected chi connectivity index (χ3v) is 5.73. The zero-order chi connectivity index (χ0) is 20.5. The molecule has 150 valence electrons. The molecule has 0 fully saturated rings. The van der Waals surface area contributed by atoms with Gasteiger partial charge in [-0.15, -0.1) is 0 Å². The van der Waals surface area contributed by atoms with Crippen LogP contribution in [0.15, 0.2) is 53.7 Å². The van der Waals surface area contributed by atoms with Crippen LogP contribution in [0.2, 0.25) is 0 Å². The van der Waals surface area contributed by atoms with Gasteiger partial charge in [0.05, 0.1) is 14.2 Å². The smallest absolute Gasteiger partial charge is 0.225 e. The number of carbonyl (C=O) groups is 2. The summed E-state index contributed by atoms with van der Waals surface area (Å²) in [6.07, 6.45) is 1.20. The molecular formula is C23H23NO5. The van der Waals surface area contributed by atoms with Gasteiger partial charge < -0.3 is 19.9 Å². The molecule has 1 aliphatic heterocycles. The molecule has 6 nitrogen and oxygen atoms in total. The molecule has 6 heteroatoms. The van der Waals surface area contributed by atoms with E-state index in [0.717, 1.165) is 16.9 Å². The van der Waals surface area contributed by atoms with Crippen molar-refractivity contribution in [3.05, 3.63) is 64.9 Å². The Morgan fingerprint density at radius 2 is 1.66 bits per heavy atom. The Kier molecular flexibility index (Phi) is 5.01. The molecule has 0 saturated heterocycles. The first-order chi connectivity index (χ1) is 14.0. The predicted octanol–water partition coefficient (Wildman–Crippen LogP) is 3.41. The lowest BCUT2D eigenvalue weighted by atomic mass is 9.73. The Hall–Kier alpha value is -3.28. The fourth-order valence-corrected chi connectivity index (χ4v) is 4.27. The number of phenols is 1. The Labute approximate surface area is 169 Å². The second kappa shape index (κ2) is 7.62. The number of carbonyl (C=O) groups excluding carboxylic acids is 2. The number of hydrogen-bond acceptors (Lipinski definition) is 5. The molecule has 2 atom stereocenters. The molecule has 0 bridgehead atoms. The largest absolute Gasteiger partial charge is 0.504 e. The quantitative estimate of drug-likeness (QED) is 0.832. The maximum atomic E-state index is 13.1. The van der Waals surface area contributed by atoms with Gasteiger partial charge in [-0.25, -0.2) is 0 Å². The van der Waals surface area contributed by atoms with E-state index in [4.69, 9.17) is 9.47 Å². The molecule has 4 rings (SSSR count). The van der Waals surface area contributed by atoms with Crippen molar-refractivity contribution in [3.8, 4) is 17.2 Å². The second-order valence-corrected chi connectivity index (χ2v) is 7.43. The van der Waals surface area contributed by atoms with E-state index < -0.39 is 0 Å². The van der Waals surface area contributed by atoms with Crippen LogP contribution in [0.4, 0.5) is 0 Å². The van der Waals surface area contributed by atoms with Gasteiger partial charge >= 0.3 is 0 Å². The average molecular weight is 393 g/mol. The lowest BCUT2D eigenvalue weighted by Crippen LogP contribution is -2.38. The van der Waals surface area contributed by atoms with Crippen LogP contribution >= 0.6 is 0 Å². The van der Waals surface area contributed by atoms with Gasteiger partial charge in [-0.05, 0) is 47.7 Å². The van der Waals surface area contributed by atoms with E-state index in [1.54, 1.807) is 19.2 Å². The van der Waals surface area contributed by atoms with Crippen molar-refractivity contribution < 1.29 is 24.2 Å². The fraction of sp³-hybridized carbons (Fsp3) is 0.304. The van der Waals surface area contributed by atoms with Crippen LogP contribution in [-0.2, 0) is 9.59 Å². The first kappa shape index (κ1) is 19.1. The van der Waals surface area contributed by atoms with Gasteiger partial charge in [-0.1, -0.05) is 18.2 Å². The van der Waals surface area contributed by atoms with E-state index in [1.165, 1.54) is 13.2 Å². The number of ketones is 1. The number of rotatable bonds is 4. The Bertz CT molecular complexity index is 993. The number of nitrogens with one attached hydrogen (secondary N) is 1. The minimum absolute atomic E-state index is 0.0144. The number of hydrogen-bond donors (Lipinski definition) is 2. The normalized spacial score (nSPS) is 21.4. The number of phenolic OH excluding ortho intramolecular Hbond substituents is 1. The van der Waals surface area contributed by atoms with Crippen LogP contribution in [0, 0.1) is 0 Å². The summed E-state index contributed by atoms with van der Waals surface area (Å²) in [7, 11) is 3.09. The standard InChI is InChI=1S/C23H23NO5/c1-28-16-6-3-13(4-7-16)15-9-18-23(20(26)10-15)17(12-22(27)24-18)14-5-8-19(25)21(11-14)29-2/h3-8,11,15,17,25H,9-10,12H2,1-2H3,(H,24,27)/t15-,17-/m0/s1. The molecule has 1 heterocycles. The molecule has 0 saturated carbocycles. The van der Waals surface area contributed by atoms with Crippen molar-refractivity contribution in [2.75, 3.05) is 14.2 Å². The molecule has 2 N–H and O–H groups in total. The average Bonchev–Trinajstić information content (AvgIpc) is 2.73. The number of benzene rings is 2. The van der Waals surface area contributed by atoms with Gasteiger partial charge in [-0.3, -0.25) is 9.59 Å². The first-order valence-electron chi connectivity index (χ1n) is 9.57. The van der Waals surface area contributed by atoms with Crippen LogP contribution in [0.1, 0.15) is 42.2 Å². The third kappa shape index (κ3) is 3.58. The molecule has 0 unspecified atom stereocenters. The molecule has 1 amide bonds. The van der Waals surface area contributed by atoms with E-state index in [2.05, 4.69) is 5.32 Å². The monoisotopic (exact) mass is 393 g/mol. The summed E-state index contributed by atoms with van der Waals surface area (Å²) in [4.78, 5) is 25.5. The highest BCUT2D eigenvalue weighted by atomic mass is 16.5. The van der Waals surface area contributed by atoms with Gasteiger partial charge in [0.25, 0.3) is 0 Å². The van der Waals surface area contributed by atoms with Crippen molar-refractivity contribution >= 4 is 11.7 Å². The van der Waals surface area contributed by atoms with Gasteiger partial charge in [0.15, 0.2) is 17.3 Å². The maximum absolute atomic E-state index is 13.1. The minimum atomic E-state index is -0.336. The van der Waals surface area contributed by atoms with Gasteiger partial charge in [0.2, 0.25) is 5.91 Å².